The lowest BCUT2D eigenvalue weighted by Crippen LogP contribution is -2.12. The van der Waals surface area contributed by atoms with Crippen LogP contribution in [0.2, 0.25) is 0 Å². The second-order valence-corrected chi connectivity index (χ2v) is 12.3. The van der Waals surface area contributed by atoms with E-state index in [9.17, 15) is 0 Å². The Morgan fingerprint density at radius 3 is 2.29 bits per heavy atom. The van der Waals surface area contributed by atoms with Gasteiger partial charge in [-0.2, -0.15) is 0 Å². The van der Waals surface area contributed by atoms with Gasteiger partial charge in [-0.15, -0.1) is 11.3 Å². The Hall–Kier alpha value is -2.97. The summed E-state index contributed by atoms with van der Waals surface area (Å²) in [5, 5.41) is 4.77. The Kier molecular flexibility index (Phi) is 6.05. The number of hydrogen-bond acceptors (Lipinski definition) is 2. The quantitative estimate of drug-likeness (QED) is 0.251. The molecule has 2 heteroatoms. The maximum Gasteiger partial charge on any atom is 0.0823 e. The molecule has 0 aliphatic heterocycles. The van der Waals surface area contributed by atoms with Crippen LogP contribution in [0.3, 0.4) is 0 Å². The summed E-state index contributed by atoms with van der Waals surface area (Å²) >= 11 is 1.79. The van der Waals surface area contributed by atoms with Crippen LogP contribution in [0.5, 0.6) is 0 Å². The number of nitrogens with zero attached hydrogens (tertiary/aromatic N) is 1. The summed E-state index contributed by atoms with van der Waals surface area (Å²) in [5.74, 6) is 0.654. The maximum atomic E-state index is 5.15. The Morgan fingerprint density at radius 1 is 0.886 bits per heavy atom. The van der Waals surface area contributed by atoms with E-state index in [0.29, 0.717) is 5.92 Å². The van der Waals surface area contributed by atoms with Crippen molar-refractivity contribution >= 4 is 32.3 Å². The molecule has 0 amide bonds. The van der Waals surface area contributed by atoms with E-state index in [2.05, 4.69) is 115 Å². The molecule has 35 heavy (non-hydrogen) atoms. The molecule has 0 unspecified atom stereocenters. The number of aryl methyl sites for hydroxylation is 2. The van der Waals surface area contributed by atoms with Crippen molar-refractivity contribution in [3.8, 4) is 22.4 Å². The first kappa shape index (κ1) is 23.8. The standard InChI is InChI=1S/C33H35NS/c1-20(2)14-23-15-21(3)31(22(4)16-23)27-19-30(34-29-12-13-35-32(27)29)25-17-24-10-8-9-11-26(24)28(18-25)33(5,6)7/h8-13,15-20H,14H2,1-7H3. The molecule has 5 aromatic rings. The molecule has 178 valence electrons. The predicted octanol–water partition coefficient (Wildman–Crippen LogP) is 9.90. The molecule has 0 spiro atoms. The van der Waals surface area contributed by atoms with Gasteiger partial charge in [0.15, 0.2) is 0 Å². The van der Waals surface area contributed by atoms with Gasteiger partial charge in [-0.05, 0) is 99.8 Å². The van der Waals surface area contributed by atoms with Crippen LogP contribution < -0.4 is 0 Å². The van der Waals surface area contributed by atoms with Crippen LogP contribution in [-0.2, 0) is 11.8 Å². The zero-order chi connectivity index (χ0) is 24.9. The first-order valence-corrected chi connectivity index (χ1v) is 13.5. The molecule has 0 atom stereocenters. The van der Waals surface area contributed by atoms with Crippen LogP contribution in [0.15, 0.2) is 66.0 Å². The SMILES string of the molecule is Cc1cc(CC(C)C)cc(C)c1-c1cc(-c2cc(C(C)(C)C)c3ccccc3c2)nc2ccsc12. The maximum absolute atomic E-state index is 5.15. The van der Waals surface area contributed by atoms with Gasteiger partial charge in [0.1, 0.15) is 0 Å². The lowest BCUT2D eigenvalue weighted by atomic mass is 9.82. The molecule has 0 fully saturated rings. The van der Waals surface area contributed by atoms with Crippen molar-refractivity contribution in [1.82, 2.24) is 4.98 Å². The number of pyridine rings is 1. The van der Waals surface area contributed by atoms with Crippen molar-refractivity contribution in [2.45, 2.75) is 60.3 Å². The first-order valence-electron chi connectivity index (χ1n) is 12.6. The molecule has 5 rings (SSSR count). The van der Waals surface area contributed by atoms with Gasteiger partial charge in [0, 0.05) is 11.1 Å². The van der Waals surface area contributed by atoms with Crippen molar-refractivity contribution in [3.05, 3.63) is 88.3 Å². The van der Waals surface area contributed by atoms with Gasteiger partial charge in [0.05, 0.1) is 15.9 Å². The minimum Gasteiger partial charge on any atom is -0.247 e. The fourth-order valence-electron chi connectivity index (χ4n) is 5.44. The van der Waals surface area contributed by atoms with E-state index < -0.39 is 0 Å². The summed E-state index contributed by atoms with van der Waals surface area (Å²) < 4.78 is 1.27. The molecule has 0 aliphatic rings. The van der Waals surface area contributed by atoms with Crippen molar-refractivity contribution in [2.75, 3.05) is 0 Å². The molecule has 1 nitrogen and oxygen atoms in total. The number of thiophene rings is 1. The zero-order valence-electron chi connectivity index (χ0n) is 22.0. The number of benzene rings is 3. The van der Waals surface area contributed by atoms with Crippen molar-refractivity contribution in [3.63, 3.8) is 0 Å². The molecule has 0 N–H and O–H groups in total. The summed E-state index contributed by atoms with van der Waals surface area (Å²) in [7, 11) is 0. The molecule has 2 heterocycles. The van der Waals surface area contributed by atoms with E-state index >= 15 is 0 Å². The first-order chi connectivity index (χ1) is 16.6. The van der Waals surface area contributed by atoms with E-state index in [1.54, 1.807) is 11.3 Å². The second kappa shape index (κ2) is 8.91. The zero-order valence-corrected chi connectivity index (χ0v) is 22.8. The highest BCUT2D eigenvalue weighted by atomic mass is 32.1. The van der Waals surface area contributed by atoms with Crippen molar-refractivity contribution in [2.24, 2.45) is 5.92 Å². The smallest absolute Gasteiger partial charge is 0.0823 e. The van der Waals surface area contributed by atoms with Crippen molar-refractivity contribution < 1.29 is 0 Å². The van der Waals surface area contributed by atoms with Crippen LogP contribution in [-0.4, -0.2) is 4.98 Å². The monoisotopic (exact) mass is 477 g/mol. The van der Waals surface area contributed by atoms with Gasteiger partial charge in [-0.25, -0.2) is 4.98 Å². The number of fused-ring (bicyclic) bond motifs is 2. The fraction of sp³-hybridized carbons (Fsp3) is 0.303. The Bertz CT molecular complexity index is 1520. The van der Waals surface area contributed by atoms with Crippen LogP contribution in [0, 0.1) is 19.8 Å². The normalized spacial score (nSPS) is 12.2. The number of rotatable bonds is 4. The third-order valence-electron chi connectivity index (χ3n) is 6.88. The average molecular weight is 478 g/mol. The van der Waals surface area contributed by atoms with Gasteiger partial charge in [0.25, 0.3) is 0 Å². The molecule has 3 aromatic carbocycles. The van der Waals surface area contributed by atoms with E-state index in [1.165, 1.54) is 54.4 Å². The fourth-order valence-corrected chi connectivity index (χ4v) is 6.29. The molecular weight excluding hydrogens is 442 g/mol. The van der Waals surface area contributed by atoms with Gasteiger partial charge < -0.3 is 0 Å². The van der Waals surface area contributed by atoms with E-state index in [0.717, 1.165) is 17.6 Å². The molecule has 0 saturated carbocycles. The molecule has 2 aromatic heterocycles. The molecule has 0 saturated heterocycles. The predicted molar refractivity (Wildman–Crippen MR) is 155 cm³/mol. The van der Waals surface area contributed by atoms with E-state index in [-0.39, 0.29) is 5.41 Å². The lowest BCUT2D eigenvalue weighted by molar-refractivity contribution is 0.596. The average Bonchev–Trinajstić information content (AvgIpc) is 3.25. The van der Waals surface area contributed by atoms with Gasteiger partial charge in [-0.3, -0.25) is 0 Å². The summed E-state index contributed by atoms with van der Waals surface area (Å²) in [6.45, 7) is 16.0. The summed E-state index contributed by atoms with van der Waals surface area (Å²) in [5.41, 5.74) is 11.5. The lowest BCUT2D eigenvalue weighted by Gasteiger charge is -2.23. The minimum atomic E-state index is 0.0460. The van der Waals surface area contributed by atoms with Crippen molar-refractivity contribution in [1.29, 1.82) is 0 Å². The second-order valence-electron chi connectivity index (χ2n) is 11.4. The molecule has 0 radical (unpaired) electrons. The van der Waals surface area contributed by atoms with E-state index in [4.69, 9.17) is 4.98 Å². The number of aromatic nitrogens is 1. The molecule has 0 bridgehead atoms. The van der Waals surface area contributed by atoms with Gasteiger partial charge >= 0.3 is 0 Å². The van der Waals surface area contributed by atoms with Crippen LogP contribution >= 0.6 is 11.3 Å². The van der Waals surface area contributed by atoms with Gasteiger partial charge in [0.2, 0.25) is 0 Å². The molecule has 0 aliphatic carbocycles. The van der Waals surface area contributed by atoms with Gasteiger partial charge in [-0.1, -0.05) is 71.0 Å². The highest BCUT2D eigenvalue weighted by Crippen LogP contribution is 2.40. The summed E-state index contributed by atoms with van der Waals surface area (Å²) in [4.78, 5) is 5.15. The highest BCUT2D eigenvalue weighted by Gasteiger charge is 2.20. The Morgan fingerprint density at radius 2 is 1.60 bits per heavy atom. The summed E-state index contributed by atoms with van der Waals surface area (Å²) in [6, 6.07) is 22.7. The minimum absolute atomic E-state index is 0.0460. The number of hydrogen-bond donors (Lipinski definition) is 0. The largest absolute Gasteiger partial charge is 0.247 e. The third-order valence-corrected chi connectivity index (χ3v) is 7.82. The van der Waals surface area contributed by atoms with E-state index in [1.807, 2.05) is 0 Å². The Balaban J connectivity index is 1.75. The van der Waals surface area contributed by atoms with Crippen LogP contribution in [0.25, 0.3) is 43.4 Å². The Labute approximate surface area is 213 Å². The topological polar surface area (TPSA) is 12.9 Å². The summed E-state index contributed by atoms with van der Waals surface area (Å²) in [6.07, 6.45) is 1.12. The highest BCUT2D eigenvalue weighted by molar-refractivity contribution is 7.17. The third kappa shape index (κ3) is 4.52. The van der Waals surface area contributed by atoms with Crippen LogP contribution in [0.1, 0.15) is 56.9 Å². The van der Waals surface area contributed by atoms with Crippen LogP contribution in [0.4, 0.5) is 0 Å². The molecular formula is C33H35NS.